The van der Waals surface area contributed by atoms with Crippen LogP contribution >= 0.6 is 0 Å². The average Bonchev–Trinajstić information content (AvgIpc) is 3.15. The normalized spacial score (nSPS) is 17.4. The standard InChI is InChI=1S/C19H25N5O/c1-3-16-17(4-1)22-18(15-5-8-20-9-6-15)23-19(16)21-7-2-10-24-11-13-25-14-12-24/h5-6,8-9H,1-4,7,10-14H2,(H,21,22,23). The lowest BCUT2D eigenvalue weighted by Crippen LogP contribution is -2.37. The quantitative estimate of drug-likeness (QED) is 0.814. The molecule has 1 fully saturated rings. The number of aryl methyl sites for hydroxylation is 1. The molecule has 1 saturated heterocycles. The molecule has 1 N–H and O–H groups in total. The molecular weight excluding hydrogens is 314 g/mol. The third-order valence-corrected chi connectivity index (χ3v) is 4.92. The fourth-order valence-corrected chi connectivity index (χ4v) is 3.54. The van der Waals surface area contributed by atoms with Crippen LogP contribution in [0.1, 0.15) is 24.1 Å². The molecule has 0 amide bonds. The second-order valence-corrected chi connectivity index (χ2v) is 6.64. The molecule has 2 aliphatic rings. The van der Waals surface area contributed by atoms with E-state index in [9.17, 15) is 0 Å². The Morgan fingerprint density at radius 3 is 2.76 bits per heavy atom. The van der Waals surface area contributed by atoms with Crippen LogP contribution in [0.25, 0.3) is 11.4 Å². The summed E-state index contributed by atoms with van der Waals surface area (Å²) in [5.41, 5.74) is 3.54. The SMILES string of the molecule is c1cc(-c2nc3c(c(NCCCN4CCOCC4)n2)CCC3)ccn1. The number of ether oxygens (including phenoxy) is 1. The molecule has 0 bridgehead atoms. The highest BCUT2D eigenvalue weighted by Crippen LogP contribution is 2.29. The van der Waals surface area contributed by atoms with Crippen molar-refractivity contribution < 1.29 is 4.74 Å². The Kier molecular flexibility index (Phi) is 5.18. The van der Waals surface area contributed by atoms with Crippen molar-refractivity contribution in [3.63, 3.8) is 0 Å². The largest absolute Gasteiger partial charge is 0.379 e. The molecule has 0 radical (unpaired) electrons. The molecular formula is C19H25N5O. The van der Waals surface area contributed by atoms with Gasteiger partial charge in [0, 0.05) is 48.8 Å². The van der Waals surface area contributed by atoms with E-state index in [1.165, 1.54) is 17.7 Å². The zero-order valence-corrected chi connectivity index (χ0v) is 14.6. The third kappa shape index (κ3) is 3.96. The molecule has 132 valence electrons. The van der Waals surface area contributed by atoms with Gasteiger partial charge in [-0.2, -0.15) is 0 Å². The molecule has 0 atom stereocenters. The zero-order valence-electron chi connectivity index (χ0n) is 14.6. The highest BCUT2D eigenvalue weighted by Gasteiger charge is 2.20. The Balaban J connectivity index is 1.42. The minimum absolute atomic E-state index is 0.804. The van der Waals surface area contributed by atoms with E-state index in [1.807, 2.05) is 12.1 Å². The van der Waals surface area contributed by atoms with E-state index in [0.29, 0.717) is 0 Å². The molecule has 3 heterocycles. The van der Waals surface area contributed by atoms with Gasteiger partial charge in [-0.1, -0.05) is 0 Å². The summed E-state index contributed by atoms with van der Waals surface area (Å²) in [6.07, 6.45) is 8.01. The monoisotopic (exact) mass is 339 g/mol. The van der Waals surface area contributed by atoms with Crippen LogP contribution in [0, 0.1) is 0 Å². The summed E-state index contributed by atoms with van der Waals surface area (Å²) in [4.78, 5) is 16.2. The summed E-state index contributed by atoms with van der Waals surface area (Å²) in [7, 11) is 0. The molecule has 2 aromatic rings. The number of hydrogen-bond donors (Lipinski definition) is 1. The number of nitrogens with one attached hydrogen (secondary N) is 1. The molecule has 0 saturated carbocycles. The Morgan fingerprint density at radius 1 is 1.08 bits per heavy atom. The van der Waals surface area contributed by atoms with Crippen LogP contribution in [0.5, 0.6) is 0 Å². The lowest BCUT2D eigenvalue weighted by atomic mass is 10.2. The number of hydrogen-bond acceptors (Lipinski definition) is 6. The first-order valence-electron chi connectivity index (χ1n) is 9.24. The molecule has 6 nitrogen and oxygen atoms in total. The minimum Gasteiger partial charge on any atom is -0.379 e. The maximum Gasteiger partial charge on any atom is 0.161 e. The lowest BCUT2D eigenvalue weighted by molar-refractivity contribution is 0.0378. The van der Waals surface area contributed by atoms with E-state index in [2.05, 4.69) is 15.2 Å². The van der Waals surface area contributed by atoms with Crippen molar-refractivity contribution in [2.24, 2.45) is 0 Å². The van der Waals surface area contributed by atoms with Gasteiger partial charge >= 0.3 is 0 Å². The third-order valence-electron chi connectivity index (χ3n) is 4.92. The van der Waals surface area contributed by atoms with Crippen LogP contribution in [0.3, 0.4) is 0 Å². The first-order chi connectivity index (χ1) is 12.4. The van der Waals surface area contributed by atoms with Gasteiger partial charge in [-0.25, -0.2) is 9.97 Å². The van der Waals surface area contributed by atoms with Crippen LogP contribution in [0.4, 0.5) is 5.82 Å². The summed E-state index contributed by atoms with van der Waals surface area (Å²) < 4.78 is 5.40. The Morgan fingerprint density at radius 2 is 1.92 bits per heavy atom. The molecule has 2 aromatic heterocycles. The van der Waals surface area contributed by atoms with Crippen molar-refractivity contribution in [2.45, 2.75) is 25.7 Å². The molecule has 25 heavy (non-hydrogen) atoms. The van der Waals surface area contributed by atoms with Gasteiger partial charge in [0.15, 0.2) is 5.82 Å². The molecule has 1 aliphatic heterocycles. The van der Waals surface area contributed by atoms with Gasteiger partial charge in [0.25, 0.3) is 0 Å². The van der Waals surface area contributed by atoms with Gasteiger partial charge < -0.3 is 10.1 Å². The summed E-state index contributed by atoms with van der Waals surface area (Å²) in [6, 6.07) is 3.94. The summed E-state index contributed by atoms with van der Waals surface area (Å²) in [5.74, 6) is 1.83. The number of rotatable bonds is 6. The molecule has 0 unspecified atom stereocenters. The number of nitrogens with zero attached hydrogens (tertiary/aromatic N) is 4. The Hall–Kier alpha value is -2.05. The minimum atomic E-state index is 0.804. The van der Waals surface area contributed by atoms with Gasteiger partial charge in [0.1, 0.15) is 5.82 Å². The first-order valence-corrected chi connectivity index (χ1v) is 9.24. The van der Waals surface area contributed by atoms with E-state index in [1.54, 1.807) is 12.4 Å². The van der Waals surface area contributed by atoms with Crippen LogP contribution in [0.15, 0.2) is 24.5 Å². The summed E-state index contributed by atoms with van der Waals surface area (Å²) in [5, 5.41) is 3.57. The maximum absolute atomic E-state index is 5.40. The van der Waals surface area contributed by atoms with Crippen LogP contribution in [-0.4, -0.2) is 59.2 Å². The van der Waals surface area contributed by atoms with E-state index in [4.69, 9.17) is 14.7 Å². The lowest BCUT2D eigenvalue weighted by Gasteiger charge is -2.26. The van der Waals surface area contributed by atoms with E-state index in [-0.39, 0.29) is 0 Å². The zero-order chi connectivity index (χ0) is 16.9. The number of morpholine rings is 1. The fraction of sp³-hybridized carbons (Fsp3) is 0.526. The van der Waals surface area contributed by atoms with Crippen molar-refractivity contribution in [3.05, 3.63) is 35.8 Å². The van der Waals surface area contributed by atoms with Gasteiger partial charge in [-0.05, 0) is 44.4 Å². The summed E-state index contributed by atoms with van der Waals surface area (Å²) >= 11 is 0. The molecule has 1 aliphatic carbocycles. The van der Waals surface area contributed by atoms with Crippen molar-refractivity contribution in [2.75, 3.05) is 44.7 Å². The van der Waals surface area contributed by atoms with E-state index in [0.717, 1.165) is 75.9 Å². The van der Waals surface area contributed by atoms with Crippen molar-refractivity contribution in [1.82, 2.24) is 19.9 Å². The van der Waals surface area contributed by atoms with Crippen LogP contribution in [-0.2, 0) is 17.6 Å². The van der Waals surface area contributed by atoms with Gasteiger partial charge in [-0.15, -0.1) is 0 Å². The van der Waals surface area contributed by atoms with Crippen molar-refractivity contribution in [3.8, 4) is 11.4 Å². The Labute approximate surface area is 148 Å². The number of fused-ring (bicyclic) bond motifs is 1. The van der Waals surface area contributed by atoms with Crippen molar-refractivity contribution >= 4 is 5.82 Å². The van der Waals surface area contributed by atoms with Crippen LogP contribution < -0.4 is 5.32 Å². The molecule has 0 aromatic carbocycles. The van der Waals surface area contributed by atoms with Crippen LogP contribution in [0.2, 0.25) is 0 Å². The highest BCUT2D eigenvalue weighted by molar-refractivity contribution is 5.60. The highest BCUT2D eigenvalue weighted by atomic mass is 16.5. The number of pyridine rings is 1. The molecule has 0 spiro atoms. The summed E-state index contributed by atoms with van der Waals surface area (Å²) in [6.45, 7) is 5.88. The second kappa shape index (κ2) is 7.89. The van der Waals surface area contributed by atoms with E-state index >= 15 is 0 Å². The van der Waals surface area contributed by atoms with Crippen molar-refractivity contribution in [1.29, 1.82) is 0 Å². The predicted octanol–water partition coefficient (Wildman–Crippen LogP) is 2.16. The van der Waals surface area contributed by atoms with Gasteiger partial charge in [0.2, 0.25) is 0 Å². The Bertz CT molecular complexity index is 700. The topological polar surface area (TPSA) is 63.2 Å². The second-order valence-electron chi connectivity index (χ2n) is 6.64. The van der Waals surface area contributed by atoms with E-state index < -0.39 is 0 Å². The van der Waals surface area contributed by atoms with Gasteiger partial charge in [0.05, 0.1) is 13.2 Å². The average molecular weight is 339 g/mol. The molecule has 6 heteroatoms. The number of aromatic nitrogens is 3. The van der Waals surface area contributed by atoms with Gasteiger partial charge in [-0.3, -0.25) is 9.88 Å². The fourth-order valence-electron chi connectivity index (χ4n) is 3.54. The first kappa shape index (κ1) is 16.4. The number of anilines is 1. The predicted molar refractivity (Wildman–Crippen MR) is 97.7 cm³/mol. The maximum atomic E-state index is 5.40. The molecule has 4 rings (SSSR count). The smallest absolute Gasteiger partial charge is 0.161 e.